The van der Waals surface area contributed by atoms with Crippen LogP contribution in [-0.4, -0.2) is 39.9 Å². The molecular weight excluding hydrogens is 425 g/mol. The largest absolute Gasteiger partial charge is 0.446 e. The molecule has 9 heteroatoms. The average molecular weight is 452 g/mol. The number of pyridine rings is 2. The monoisotopic (exact) mass is 451 g/mol. The van der Waals surface area contributed by atoms with Gasteiger partial charge < -0.3 is 20.9 Å². The van der Waals surface area contributed by atoms with Gasteiger partial charge in [0.1, 0.15) is 11.9 Å². The van der Waals surface area contributed by atoms with Crippen molar-refractivity contribution in [1.82, 2.24) is 9.97 Å². The third-order valence-electron chi connectivity index (χ3n) is 6.45. The normalized spacial score (nSPS) is 21.6. The Morgan fingerprint density at radius 1 is 1.27 bits per heavy atom. The van der Waals surface area contributed by atoms with Crippen LogP contribution in [0.15, 0.2) is 24.5 Å². The van der Waals surface area contributed by atoms with Gasteiger partial charge in [0.05, 0.1) is 23.2 Å². The zero-order valence-electron chi connectivity index (χ0n) is 18.5. The molecule has 0 saturated heterocycles. The number of amides is 1. The summed E-state index contributed by atoms with van der Waals surface area (Å²) in [6, 6.07) is 3.33. The van der Waals surface area contributed by atoms with Crippen LogP contribution in [0.25, 0.3) is 21.9 Å². The Labute approximate surface area is 190 Å². The summed E-state index contributed by atoms with van der Waals surface area (Å²) in [5.41, 5.74) is 9.98. The summed E-state index contributed by atoms with van der Waals surface area (Å²) >= 11 is 0. The summed E-state index contributed by atoms with van der Waals surface area (Å²) in [5, 5.41) is 16.4. The molecule has 5 rings (SSSR count). The maximum absolute atomic E-state index is 15.3. The lowest BCUT2D eigenvalue weighted by Gasteiger charge is -2.30. The number of aliphatic hydroxyl groups is 1. The van der Waals surface area contributed by atoms with Crippen molar-refractivity contribution < 1.29 is 19.0 Å². The molecule has 3 aromatic rings. The molecule has 172 valence electrons. The molecule has 0 radical (unpaired) electrons. The molecule has 0 bridgehead atoms. The summed E-state index contributed by atoms with van der Waals surface area (Å²) in [6.07, 6.45) is 3.50. The first-order valence-electron chi connectivity index (χ1n) is 11.1. The predicted octanol–water partition coefficient (Wildman–Crippen LogP) is 4.00. The Morgan fingerprint density at radius 3 is 2.82 bits per heavy atom. The number of rotatable bonds is 3. The van der Waals surface area contributed by atoms with Crippen LogP contribution in [0.5, 0.6) is 0 Å². The highest BCUT2D eigenvalue weighted by Gasteiger charge is 2.30. The van der Waals surface area contributed by atoms with Gasteiger partial charge in [0.15, 0.2) is 5.82 Å². The molecule has 1 aliphatic heterocycles. The van der Waals surface area contributed by atoms with Crippen molar-refractivity contribution in [3.05, 3.63) is 41.6 Å². The molecule has 1 amide bonds. The fraction of sp³-hybridized carbons (Fsp3) is 0.375. The number of fused-ring (bicyclic) bond motifs is 2. The van der Waals surface area contributed by atoms with Gasteiger partial charge >= 0.3 is 6.09 Å². The molecule has 2 aromatic heterocycles. The van der Waals surface area contributed by atoms with E-state index in [9.17, 15) is 9.90 Å². The summed E-state index contributed by atoms with van der Waals surface area (Å²) in [7, 11) is 0. The van der Waals surface area contributed by atoms with Crippen LogP contribution < -0.4 is 16.4 Å². The number of nitrogens with two attached hydrogens (primary N) is 1. The Hall–Kier alpha value is -3.46. The Balaban J connectivity index is 1.48. The van der Waals surface area contributed by atoms with Crippen LogP contribution in [0.3, 0.4) is 0 Å². The van der Waals surface area contributed by atoms with Gasteiger partial charge in [0.25, 0.3) is 0 Å². The number of benzene rings is 1. The van der Waals surface area contributed by atoms with Crippen molar-refractivity contribution in [2.24, 2.45) is 5.92 Å². The summed E-state index contributed by atoms with van der Waals surface area (Å²) in [5.74, 6) is 0.227. The predicted molar refractivity (Wildman–Crippen MR) is 125 cm³/mol. The van der Waals surface area contributed by atoms with Crippen LogP contribution in [0.2, 0.25) is 0 Å². The van der Waals surface area contributed by atoms with Gasteiger partial charge in [-0.3, -0.25) is 10.3 Å². The highest BCUT2D eigenvalue weighted by atomic mass is 19.1. The van der Waals surface area contributed by atoms with E-state index in [1.54, 1.807) is 18.3 Å². The molecule has 2 aliphatic rings. The van der Waals surface area contributed by atoms with Crippen molar-refractivity contribution in [3.63, 3.8) is 0 Å². The number of aliphatic hydroxyl groups excluding tert-OH is 1. The number of carbonyl (C=O) groups excluding carboxylic acids is 1. The molecule has 1 atom stereocenters. The van der Waals surface area contributed by atoms with E-state index in [-0.39, 0.29) is 17.6 Å². The van der Waals surface area contributed by atoms with Crippen LogP contribution in [-0.2, 0) is 11.2 Å². The van der Waals surface area contributed by atoms with Gasteiger partial charge in [-0.25, -0.2) is 14.2 Å². The number of hydrogen-bond acceptors (Lipinski definition) is 7. The summed E-state index contributed by atoms with van der Waals surface area (Å²) in [6.45, 7) is 4.96. The number of ether oxygens (including phenoxy) is 1. The van der Waals surface area contributed by atoms with E-state index >= 15 is 4.39 Å². The van der Waals surface area contributed by atoms with Crippen molar-refractivity contribution in [1.29, 1.82) is 0 Å². The quantitative estimate of drug-likeness (QED) is 0.444. The Morgan fingerprint density at radius 2 is 2.06 bits per heavy atom. The standard InChI is InChI=1S/C24H26FN5O3/c1-11-3-19-23(29-8-11)12(2)17(9-27-19)16-4-13-5-20(28-10-18(13)22(26)21(16)25)30-24(32)33-15-6-14(31)7-15/h4-5,9-11,14-15,29,31H,3,6-8,26H2,1-2H3,(H,28,30,32)/t11-,14?,15?/m0/s1. The van der Waals surface area contributed by atoms with E-state index in [0.29, 0.717) is 40.7 Å². The second-order valence-electron chi connectivity index (χ2n) is 9.03. The fourth-order valence-electron chi connectivity index (χ4n) is 4.48. The van der Waals surface area contributed by atoms with E-state index < -0.39 is 18.0 Å². The van der Waals surface area contributed by atoms with Gasteiger partial charge in [0.2, 0.25) is 0 Å². The van der Waals surface area contributed by atoms with Crippen molar-refractivity contribution >= 4 is 34.1 Å². The zero-order valence-corrected chi connectivity index (χ0v) is 18.5. The smallest absolute Gasteiger partial charge is 0.413 e. The maximum atomic E-state index is 15.3. The molecular formula is C24H26FN5O3. The van der Waals surface area contributed by atoms with E-state index in [1.165, 1.54) is 6.20 Å². The molecule has 8 nitrogen and oxygen atoms in total. The van der Waals surface area contributed by atoms with Gasteiger partial charge in [-0.15, -0.1) is 0 Å². The molecule has 33 heavy (non-hydrogen) atoms. The Bertz CT molecular complexity index is 1260. The lowest BCUT2D eigenvalue weighted by molar-refractivity contribution is -0.0308. The zero-order chi connectivity index (χ0) is 23.3. The Kier molecular flexibility index (Phi) is 5.28. The van der Waals surface area contributed by atoms with Crippen molar-refractivity contribution in [3.8, 4) is 11.1 Å². The second kappa shape index (κ2) is 8.15. The van der Waals surface area contributed by atoms with Crippen molar-refractivity contribution in [2.75, 3.05) is 22.9 Å². The number of nitrogen functional groups attached to an aromatic ring is 1. The van der Waals surface area contributed by atoms with Crippen LogP contribution in [0, 0.1) is 18.7 Å². The SMILES string of the molecule is Cc1c(-c2cc3cc(NC(=O)OC4CC(O)C4)ncc3c(N)c2F)cnc2c1NC[C@@H](C)C2. The number of anilines is 3. The maximum Gasteiger partial charge on any atom is 0.413 e. The third-order valence-corrected chi connectivity index (χ3v) is 6.45. The number of carbonyl (C=O) groups is 1. The molecule has 0 spiro atoms. The molecule has 1 saturated carbocycles. The van der Waals surface area contributed by atoms with Crippen LogP contribution >= 0.6 is 0 Å². The average Bonchev–Trinajstić information content (AvgIpc) is 2.75. The van der Waals surface area contributed by atoms with Crippen LogP contribution in [0.1, 0.15) is 31.0 Å². The third kappa shape index (κ3) is 3.93. The van der Waals surface area contributed by atoms with Crippen LogP contribution in [0.4, 0.5) is 26.4 Å². The first kappa shape index (κ1) is 21.4. The highest BCUT2D eigenvalue weighted by Crippen LogP contribution is 2.38. The van der Waals surface area contributed by atoms with Gasteiger partial charge in [-0.05, 0) is 42.3 Å². The minimum absolute atomic E-state index is 0.00807. The summed E-state index contributed by atoms with van der Waals surface area (Å²) in [4.78, 5) is 20.9. The van der Waals surface area contributed by atoms with E-state index in [0.717, 1.165) is 29.9 Å². The molecule has 1 aromatic carbocycles. The second-order valence-corrected chi connectivity index (χ2v) is 9.03. The number of hydrogen-bond donors (Lipinski definition) is 4. The van der Waals surface area contributed by atoms with Gasteiger partial charge in [-0.1, -0.05) is 6.92 Å². The fourth-order valence-corrected chi connectivity index (χ4v) is 4.48. The first-order chi connectivity index (χ1) is 15.8. The molecule has 5 N–H and O–H groups in total. The minimum atomic E-state index is -0.649. The molecule has 1 aliphatic carbocycles. The topological polar surface area (TPSA) is 122 Å². The molecule has 3 heterocycles. The lowest BCUT2D eigenvalue weighted by atomic mass is 9.92. The molecule has 1 fully saturated rings. The van der Waals surface area contributed by atoms with E-state index in [4.69, 9.17) is 10.5 Å². The first-order valence-corrected chi connectivity index (χ1v) is 11.1. The minimum Gasteiger partial charge on any atom is -0.446 e. The number of aromatic nitrogens is 2. The number of nitrogens with zero attached hydrogens (tertiary/aromatic N) is 2. The molecule has 0 unspecified atom stereocenters. The number of nitrogens with one attached hydrogen (secondary N) is 2. The van der Waals surface area contributed by atoms with Gasteiger partial charge in [-0.2, -0.15) is 0 Å². The summed E-state index contributed by atoms with van der Waals surface area (Å²) < 4.78 is 20.5. The van der Waals surface area contributed by atoms with Crippen molar-refractivity contribution in [2.45, 2.75) is 45.3 Å². The highest BCUT2D eigenvalue weighted by molar-refractivity contribution is 5.99. The van der Waals surface area contributed by atoms with E-state index in [2.05, 4.69) is 27.5 Å². The number of halogens is 1. The lowest BCUT2D eigenvalue weighted by Crippen LogP contribution is -2.37. The van der Waals surface area contributed by atoms with E-state index in [1.807, 2.05) is 6.92 Å². The van der Waals surface area contributed by atoms with Gasteiger partial charge in [0, 0.05) is 48.3 Å².